The van der Waals surface area contributed by atoms with Crippen LogP contribution in [0.3, 0.4) is 0 Å². The fourth-order valence-corrected chi connectivity index (χ4v) is 6.90. The predicted molar refractivity (Wildman–Crippen MR) is 151 cm³/mol. The van der Waals surface area contributed by atoms with Crippen LogP contribution in [-0.4, -0.2) is 58.8 Å². The van der Waals surface area contributed by atoms with Crippen molar-refractivity contribution in [3.8, 4) is 11.3 Å². The van der Waals surface area contributed by atoms with E-state index in [9.17, 15) is 14.4 Å². The van der Waals surface area contributed by atoms with Gasteiger partial charge >= 0.3 is 0 Å². The van der Waals surface area contributed by atoms with E-state index in [-0.39, 0.29) is 35.3 Å². The number of thiazole rings is 1. The molecule has 1 amide bonds. The molecule has 1 aliphatic carbocycles. The van der Waals surface area contributed by atoms with Crippen molar-refractivity contribution in [1.29, 1.82) is 0 Å². The minimum absolute atomic E-state index is 0.0601. The van der Waals surface area contributed by atoms with Crippen LogP contribution in [0.1, 0.15) is 62.9 Å². The van der Waals surface area contributed by atoms with Gasteiger partial charge in [0.15, 0.2) is 5.78 Å². The summed E-state index contributed by atoms with van der Waals surface area (Å²) in [5.74, 6) is 0.170. The number of likely N-dealkylation sites (tertiary alicyclic amines) is 1. The Balaban J connectivity index is 1.35. The van der Waals surface area contributed by atoms with E-state index < -0.39 is 6.04 Å². The number of hydrogen-bond acceptors (Lipinski definition) is 7. The Morgan fingerprint density at radius 1 is 1.16 bits per heavy atom. The van der Waals surface area contributed by atoms with E-state index >= 15 is 0 Å². The molecule has 1 saturated carbocycles. The van der Waals surface area contributed by atoms with Gasteiger partial charge in [0.25, 0.3) is 0 Å². The van der Waals surface area contributed by atoms with Crippen molar-refractivity contribution in [1.82, 2.24) is 25.5 Å². The number of carbonyl (C=O) groups is 2. The molecular weight excluding hydrogens is 498 g/mol. The number of Topliss-reactive ketones (excluding diaryl/α,β-unsaturated/α-hetero) is 1. The Morgan fingerprint density at radius 2 is 1.95 bits per heavy atom. The first-order valence-corrected chi connectivity index (χ1v) is 14.6. The summed E-state index contributed by atoms with van der Waals surface area (Å²) in [6.07, 6.45) is 7.31. The maximum Gasteiger partial charge on any atom is 0.249 e. The first-order valence-electron chi connectivity index (χ1n) is 13.8. The molecule has 0 spiro atoms. The number of carbonyl (C=O) groups excluding carboxylic acids is 2. The molecule has 5 rings (SSSR count). The molecule has 0 radical (unpaired) electrons. The highest BCUT2D eigenvalue weighted by Crippen LogP contribution is 2.37. The van der Waals surface area contributed by atoms with Crippen LogP contribution >= 0.6 is 11.3 Å². The molecule has 3 N–H and O–H groups in total. The Labute approximate surface area is 227 Å². The number of nitrogens with zero attached hydrogens (tertiary/aromatic N) is 2. The molecule has 38 heavy (non-hydrogen) atoms. The zero-order valence-corrected chi connectivity index (χ0v) is 23.0. The summed E-state index contributed by atoms with van der Waals surface area (Å²) in [4.78, 5) is 48.8. The van der Waals surface area contributed by atoms with Crippen LogP contribution < -0.4 is 16.2 Å². The zero-order valence-electron chi connectivity index (χ0n) is 22.2. The van der Waals surface area contributed by atoms with Gasteiger partial charge in [0.05, 0.1) is 30.4 Å². The molecule has 9 heteroatoms. The second-order valence-corrected chi connectivity index (χ2v) is 11.5. The summed E-state index contributed by atoms with van der Waals surface area (Å²) in [5, 5.41) is 10.0. The van der Waals surface area contributed by atoms with Gasteiger partial charge in [0.2, 0.25) is 11.5 Å². The van der Waals surface area contributed by atoms with E-state index in [1.165, 1.54) is 6.42 Å². The van der Waals surface area contributed by atoms with Gasteiger partial charge in [-0.2, -0.15) is 0 Å². The number of aromatic amines is 1. The first-order chi connectivity index (χ1) is 18.4. The number of pyridine rings is 1. The SMILES string of the molecule is CN[C@@H](C)C(=O)N[C@H](C(=O)CN1CCC[C@H]1c1nc(-c2cc(=O)[nH]c3ccccc23)cs1)C1CCCCC1. The fourth-order valence-electron chi connectivity index (χ4n) is 5.91. The van der Waals surface area contributed by atoms with Crippen LogP contribution in [0.15, 0.2) is 40.5 Å². The smallest absolute Gasteiger partial charge is 0.249 e. The normalized spacial score (nSPS) is 20.4. The van der Waals surface area contributed by atoms with Crippen LogP contribution in [0.5, 0.6) is 0 Å². The van der Waals surface area contributed by atoms with Gasteiger partial charge in [0, 0.05) is 27.9 Å². The molecule has 1 saturated heterocycles. The quantitative estimate of drug-likeness (QED) is 0.382. The average molecular weight is 536 g/mol. The lowest BCUT2D eigenvalue weighted by Crippen LogP contribution is -2.53. The molecular formula is C29H37N5O3S. The number of likely N-dealkylation sites (N-methyl/N-ethyl adjacent to an activating group) is 1. The molecule has 0 bridgehead atoms. The molecule has 3 atom stereocenters. The molecule has 1 aromatic carbocycles. The third kappa shape index (κ3) is 5.75. The summed E-state index contributed by atoms with van der Waals surface area (Å²) in [6, 6.07) is 8.64. The first kappa shape index (κ1) is 26.7. The van der Waals surface area contributed by atoms with Crippen molar-refractivity contribution in [2.75, 3.05) is 20.1 Å². The van der Waals surface area contributed by atoms with Crippen molar-refractivity contribution in [2.45, 2.75) is 70.0 Å². The van der Waals surface area contributed by atoms with Crippen molar-refractivity contribution in [3.05, 3.63) is 51.1 Å². The van der Waals surface area contributed by atoms with Gasteiger partial charge in [-0.15, -0.1) is 11.3 Å². The average Bonchev–Trinajstić information content (AvgIpc) is 3.60. The van der Waals surface area contributed by atoms with Crippen LogP contribution in [0.2, 0.25) is 0 Å². The van der Waals surface area contributed by atoms with Crippen LogP contribution in [0, 0.1) is 5.92 Å². The highest BCUT2D eigenvalue weighted by molar-refractivity contribution is 7.10. The van der Waals surface area contributed by atoms with Gasteiger partial charge in [-0.1, -0.05) is 37.5 Å². The molecule has 2 aliphatic rings. The summed E-state index contributed by atoms with van der Waals surface area (Å²) in [5.41, 5.74) is 2.26. The monoisotopic (exact) mass is 535 g/mol. The van der Waals surface area contributed by atoms with E-state index in [0.29, 0.717) is 6.54 Å². The zero-order chi connectivity index (χ0) is 26.6. The number of amides is 1. The number of rotatable bonds is 9. The highest BCUT2D eigenvalue weighted by atomic mass is 32.1. The van der Waals surface area contributed by atoms with E-state index in [1.807, 2.05) is 36.6 Å². The second kappa shape index (κ2) is 11.9. The summed E-state index contributed by atoms with van der Waals surface area (Å²) in [6.45, 7) is 2.96. The summed E-state index contributed by atoms with van der Waals surface area (Å²) < 4.78 is 0. The Kier molecular flexibility index (Phi) is 8.35. The standard InChI is InChI=1S/C29H37N5O3S/c1-18(30-2)28(37)33-27(19-9-4-3-5-10-19)25(35)16-34-14-8-13-24(34)29-32-23(17-38-29)21-15-26(36)31-22-12-7-6-11-20(21)22/h6-7,11-12,15,17-19,24,27,30H,3-5,8-10,13-14,16H2,1-2H3,(H,31,36)(H,33,37)/t18-,24-,27-/m0/s1. The highest BCUT2D eigenvalue weighted by Gasteiger charge is 2.36. The number of benzene rings is 1. The number of ketones is 1. The number of nitrogens with one attached hydrogen (secondary N) is 3. The Hall–Kier alpha value is -2.88. The minimum atomic E-state index is -0.450. The van der Waals surface area contributed by atoms with Crippen molar-refractivity contribution < 1.29 is 9.59 Å². The fraction of sp³-hybridized carbons (Fsp3) is 0.517. The number of hydrogen-bond donors (Lipinski definition) is 3. The second-order valence-electron chi connectivity index (χ2n) is 10.7. The molecule has 8 nitrogen and oxygen atoms in total. The minimum Gasteiger partial charge on any atom is -0.345 e. The molecule has 2 aromatic heterocycles. The topological polar surface area (TPSA) is 107 Å². The van der Waals surface area contributed by atoms with E-state index in [2.05, 4.69) is 20.5 Å². The van der Waals surface area contributed by atoms with Gasteiger partial charge < -0.3 is 15.6 Å². The summed E-state index contributed by atoms with van der Waals surface area (Å²) >= 11 is 1.59. The molecule has 0 unspecified atom stereocenters. The van der Waals surface area contributed by atoms with E-state index in [4.69, 9.17) is 4.98 Å². The van der Waals surface area contributed by atoms with Crippen LogP contribution in [-0.2, 0) is 9.59 Å². The van der Waals surface area contributed by atoms with Gasteiger partial charge in [-0.05, 0) is 58.2 Å². The lowest BCUT2D eigenvalue weighted by Gasteiger charge is -2.32. The van der Waals surface area contributed by atoms with Gasteiger partial charge in [-0.3, -0.25) is 19.3 Å². The van der Waals surface area contributed by atoms with Crippen LogP contribution in [0.25, 0.3) is 22.2 Å². The van der Waals surface area contributed by atoms with Crippen molar-refractivity contribution in [3.63, 3.8) is 0 Å². The van der Waals surface area contributed by atoms with Crippen molar-refractivity contribution in [2.24, 2.45) is 5.92 Å². The third-order valence-corrected chi connectivity index (χ3v) is 9.09. The molecule has 3 aromatic rings. The maximum atomic E-state index is 13.7. The van der Waals surface area contributed by atoms with Gasteiger partial charge in [0.1, 0.15) is 5.01 Å². The number of H-pyrrole nitrogens is 1. The van der Waals surface area contributed by atoms with Gasteiger partial charge in [-0.25, -0.2) is 4.98 Å². The predicted octanol–water partition coefficient (Wildman–Crippen LogP) is 4.03. The largest absolute Gasteiger partial charge is 0.345 e. The number of para-hydroxylation sites is 1. The van der Waals surface area contributed by atoms with Crippen LogP contribution in [0.4, 0.5) is 0 Å². The molecule has 1 aliphatic heterocycles. The summed E-state index contributed by atoms with van der Waals surface area (Å²) in [7, 11) is 1.76. The van der Waals surface area contributed by atoms with E-state index in [0.717, 1.165) is 72.2 Å². The lowest BCUT2D eigenvalue weighted by atomic mass is 9.82. The number of fused-ring (bicyclic) bond motifs is 1. The maximum absolute atomic E-state index is 13.7. The Bertz CT molecular complexity index is 1350. The molecule has 202 valence electrons. The molecule has 2 fully saturated rings. The Morgan fingerprint density at radius 3 is 2.74 bits per heavy atom. The number of aromatic nitrogens is 2. The van der Waals surface area contributed by atoms with E-state index in [1.54, 1.807) is 24.5 Å². The lowest BCUT2D eigenvalue weighted by molar-refractivity contribution is -0.131. The third-order valence-electron chi connectivity index (χ3n) is 8.15. The molecule has 3 heterocycles. The van der Waals surface area contributed by atoms with Crippen molar-refractivity contribution >= 4 is 33.9 Å².